The molecule has 0 spiro atoms. The van der Waals surface area contributed by atoms with Gasteiger partial charge in [-0.3, -0.25) is 14.4 Å². The summed E-state index contributed by atoms with van der Waals surface area (Å²) < 4.78 is 24.0. The van der Waals surface area contributed by atoms with Crippen molar-refractivity contribution in [3.63, 3.8) is 0 Å². The van der Waals surface area contributed by atoms with Crippen LogP contribution in [0.2, 0.25) is 0 Å². The molecule has 0 bridgehead atoms. The molecule has 0 aromatic heterocycles. The largest absolute Gasteiger partial charge is 0.459 e. The second-order valence-corrected chi connectivity index (χ2v) is 12.9. The van der Waals surface area contributed by atoms with Gasteiger partial charge in [0.2, 0.25) is 0 Å². The molecular weight excluding hydrogens is 534 g/mol. The average molecular weight is 588 g/mol. The van der Waals surface area contributed by atoms with Crippen molar-refractivity contribution in [2.75, 3.05) is 21.2 Å². The zero-order valence-corrected chi connectivity index (χ0v) is 26.6. The van der Waals surface area contributed by atoms with Crippen molar-refractivity contribution in [3.8, 4) is 0 Å². The Bertz CT molecular complexity index is 925. The van der Waals surface area contributed by atoms with E-state index in [0.717, 1.165) is 0 Å². The molecule has 0 saturated carbocycles. The third kappa shape index (κ3) is 7.55. The normalized spacial score (nSPS) is 45.8. The van der Waals surface area contributed by atoms with Crippen molar-refractivity contribution in [3.05, 3.63) is 0 Å². The Morgan fingerprint density at radius 3 is 2.10 bits per heavy atom. The van der Waals surface area contributed by atoms with Crippen LogP contribution in [0.25, 0.3) is 0 Å². The van der Waals surface area contributed by atoms with Gasteiger partial charge >= 0.3 is 5.97 Å². The highest BCUT2D eigenvalue weighted by molar-refractivity contribution is 6.00. The lowest BCUT2D eigenvalue weighted by atomic mass is 9.74. The van der Waals surface area contributed by atoms with Crippen molar-refractivity contribution in [1.82, 2.24) is 4.90 Å². The van der Waals surface area contributed by atoms with E-state index >= 15 is 0 Å². The fraction of sp³-hybridized carbons (Fsp3) is 0.900. The van der Waals surface area contributed by atoms with Gasteiger partial charge in [0.05, 0.1) is 23.9 Å². The molecule has 0 aromatic carbocycles. The van der Waals surface area contributed by atoms with Gasteiger partial charge in [0, 0.05) is 30.9 Å². The van der Waals surface area contributed by atoms with Gasteiger partial charge in [-0.2, -0.15) is 0 Å². The number of carbonyl (C=O) groups excluding carboxylic acids is 3. The maximum atomic E-state index is 13.8. The van der Waals surface area contributed by atoms with Gasteiger partial charge in [-0.25, -0.2) is 0 Å². The van der Waals surface area contributed by atoms with Crippen LogP contribution in [0.5, 0.6) is 0 Å². The molecule has 11 nitrogen and oxygen atoms in total. The van der Waals surface area contributed by atoms with Gasteiger partial charge in [0.1, 0.15) is 29.5 Å². The van der Waals surface area contributed by atoms with Crippen LogP contribution in [0.15, 0.2) is 0 Å². The van der Waals surface area contributed by atoms with Crippen molar-refractivity contribution >= 4 is 17.5 Å². The maximum absolute atomic E-state index is 13.8. The fourth-order valence-electron chi connectivity index (χ4n) is 6.43. The molecule has 2 rings (SSSR count). The Morgan fingerprint density at radius 2 is 1.59 bits per heavy atom. The van der Waals surface area contributed by atoms with E-state index in [2.05, 4.69) is 0 Å². The van der Waals surface area contributed by atoms with E-state index in [0.29, 0.717) is 6.42 Å². The molecule has 13 atom stereocenters. The zero-order chi connectivity index (χ0) is 31.6. The summed E-state index contributed by atoms with van der Waals surface area (Å²) in [7, 11) is 5.16. The molecule has 41 heavy (non-hydrogen) atoms. The molecule has 2 heterocycles. The van der Waals surface area contributed by atoms with Gasteiger partial charge in [0.25, 0.3) is 0 Å². The Morgan fingerprint density at radius 1 is 1.00 bits per heavy atom. The Kier molecular flexibility index (Phi) is 12.1. The summed E-state index contributed by atoms with van der Waals surface area (Å²) in [6, 6.07) is -0.266. The Balaban J connectivity index is 2.61. The van der Waals surface area contributed by atoms with E-state index < -0.39 is 77.3 Å². The summed E-state index contributed by atoms with van der Waals surface area (Å²) in [6.45, 7) is 12.9. The molecule has 2 saturated heterocycles. The number of hydrogen-bond donors (Lipinski definition) is 3. The molecule has 0 aromatic rings. The van der Waals surface area contributed by atoms with E-state index in [-0.39, 0.29) is 30.8 Å². The maximum Gasteiger partial charge on any atom is 0.316 e. The Labute approximate surface area is 244 Å². The van der Waals surface area contributed by atoms with Gasteiger partial charge in [-0.1, -0.05) is 27.7 Å². The first-order valence-electron chi connectivity index (χ1n) is 14.7. The van der Waals surface area contributed by atoms with Crippen molar-refractivity contribution in [2.24, 2.45) is 23.7 Å². The fourth-order valence-corrected chi connectivity index (χ4v) is 6.43. The first kappa shape index (κ1) is 35.7. The minimum absolute atomic E-state index is 0.0926. The molecule has 3 N–H and O–H groups in total. The Hall–Kier alpha value is -1.47. The number of likely N-dealkylation sites (N-methyl/N-ethyl adjacent to an activating group) is 1. The number of hydrogen-bond acceptors (Lipinski definition) is 11. The highest BCUT2D eigenvalue weighted by atomic mass is 16.7. The molecule has 238 valence electrons. The summed E-state index contributed by atoms with van der Waals surface area (Å²) in [5.41, 5.74) is -3.20. The van der Waals surface area contributed by atoms with E-state index in [4.69, 9.17) is 18.9 Å². The number of ether oxygens (including phenoxy) is 4. The predicted octanol–water partition coefficient (Wildman–Crippen LogP) is 1.72. The average Bonchev–Trinajstić information content (AvgIpc) is 2.92. The highest BCUT2D eigenvalue weighted by Gasteiger charge is 2.51. The number of aliphatic hydroxyl groups is 3. The lowest BCUT2D eigenvalue weighted by molar-refractivity contribution is -0.295. The molecule has 2 aliphatic rings. The minimum Gasteiger partial charge on any atom is -0.459 e. The van der Waals surface area contributed by atoms with Crippen LogP contribution >= 0.6 is 0 Å². The van der Waals surface area contributed by atoms with E-state index in [1.165, 1.54) is 27.9 Å². The quantitative estimate of drug-likeness (QED) is 0.318. The number of methoxy groups -OCH3 is 1. The van der Waals surface area contributed by atoms with Crippen molar-refractivity contribution in [2.45, 2.75) is 129 Å². The second-order valence-electron chi connectivity index (χ2n) is 12.9. The number of cyclic esters (lactones) is 1. The molecular formula is C30H53NO10. The lowest BCUT2D eigenvalue weighted by Crippen LogP contribution is -2.60. The molecule has 2 aliphatic heterocycles. The molecule has 2 fully saturated rings. The monoisotopic (exact) mass is 587 g/mol. The van der Waals surface area contributed by atoms with Crippen LogP contribution in [-0.2, 0) is 33.3 Å². The first-order chi connectivity index (χ1) is 18.8. The number of esters is 1. The number of rotatable bonds is 5. The van der Waals surface area contributed by atoms with Crippen molar-refractivity contribution in [1.29, 1.82) is 0 Å². The van der Waals surface area contributed by atoms with Crippen LogP contribution in [0.1, 0.15) is 74.7 Å². The van der Waals surface area contributed by atoms with Gasteiger partial charge < -0.3 is 39.2 Å². The molecule has 0 aliphatic carbocycles. The third-order valence-electron chi connectivity index (χ3n) is 9.31. The smallest absolute Gasteiger partial charge is 0.316 e. The first-order valence-corrected chi connectivity index (χ1v) is 14.7. The molecule has 1 unspecified atom stereocenters. The molecule has 0 radical (unpaired) electrons. The number of ketones is 2. The summed E-state index contributed by atoms with van der Waals surface area (Å²) >= 11 is 0. The van der Waals surface area contributed by atoms with Crippen molar-refractivity contribution < 1.29 is 48.7 Å². The third-order valence-corrected chi connectivity index (χ3v) is 9.31. The predicted molar refractivity (Wildman–Crippen MR) is 151 cm³/mol. The van der Waals surface area contributed by atoms with Crippen LogP contribution in [0, 0.1) is 23.7 Å². The number of Topliss-reactive ketones (excluding diaryl/α,β-unsaturated/α-hetero) is 2. The van der Waals surface area contributed by atoms with Crippen LogP contribution < -0.4 is 0 Å². The van der Waals surface area contributed by atoms with Crippen LogP contribution in [0.3, 0.4) is 0 Å². The summed E-state index contributed by atoms with van der Waals surface area (Å²) in [6.07, 6.45) is -5.31. The minimum atomic E-state index is -1.94. The van der Waals surface area contributed by atoms with Gasteiger partial charge in [-0.15, -0.1) is 0 Å². The van der Waals surface area contributed by atoms with Gasteiger partial charge in [0.15, 0.2) is 12.1 Å². The molecule has 11 heteroatoms. The van der Waals surface area contributed by atoms with E-state index in [1.54, 1.807) is 27.7 Å². The van der Waals surface area contributed by atoms with E-state index in [1.807, 2.05) is 25.9 Å². The van der Waals surface area contributed by atoms with Gasteiger partial charge in [-0.05, 0) is 61.1 Å². The van der Waals surface area contributed by atoms with Crippen LogP contribution in [-0.4, -0.2) is 113 Å². The second kappa shape index (κ2) is 13.9. The SMILES string of the molecule is CCC1OC(=O)[C@H](C)C(=O)[C@H](C)[C@@H](O[C@@H]2O[C@H](C)C[C@H](N(C)C)[C@H]2O)[C@](C)(OC)C[C@@H](C)C(=O)[C@H](C)[C@@H](O)[C@]1(C)O. The number of aliphatic hydroxyl groups excluding tert-OH is 2. The molecule has 0 amide bonds. The topological polar surface area (TPSA) is 152 Å². The number of nitrogens with zero attached hydrogens (tertiary/aromatic N) is 1. The summed E-state index contributed by atoms with van der Waals surface area (Å²) in [5.74, 6) is -5.55. The van der Waals surface area contributed by atoms with E-state index in [9.17, 15) is 29.7 Å². The lowest BCUT2D eigenvalue weighted by Gasteiger charge is -2.47. The number of carbonyl (C=O) groups is 3. The summed E-state index contributed by atoms with van der Waals surface area (Å²) in [4.78, 5) is 42.5. The zero-order valence-electron chi connectivity index (χ0n) is 26.6. The standard InChI is InChI=1S/C30H53NO10/c1-12-21-30(8,37)25(35)17(4)22(32)15(2)14-29(7,38-11)26(18(5)23(33)19(6)27(36)40-21)41-28-24(34)20(31(9)10)13-16(3)39-28/h15-21,24-26,28,34-35,37H,12-14H2,1-11H3/t15-,16-,17+,18+,19-,20+,21?,24-,25-,26-,28+,29-,30-/m1/s1. The highest BCUT2D eigenvalue weighted by Crippen LogP contribution is 2.38. The summed E-state index contributed by atoms with van der Waals surface area (Å²) in [5, 5.41) is 33.5. The van der Waals surface area contributed by atoms with Crippen LogP contribution in [0.4, 0.5) is 0 Å².